The van der Waals surface area contributed by atoms with Crippen LogP contribution in [0.4, 0.5) is 5.69 Å². The average molecular weight is 493 g/mol. The number of hydrogen-bond acceptors (Lipinski definition) is 8. The smallest absolute Gasteiger partial charge is 0.306 e. The topological polar surface area (TPSA) is 112 Å². The van der Waals surface area contributed by atoms with E-state index in [-0.39, 0.29) is 37.3 Å². The predicted octanol–water partition coefficient (Wildman–Crippen LogP) is 3.26. The average Bonchev–Trinajstić information content (AvgIpc) is 3.31. The molecule has 0 spiro atoms. The summed E-state index contributed by atoms with van der Waals surface area (Å²) in [7, 11) is 3.18. The van der Waals surface area contributed by atoms with Gasteiger partial charge in [-0.3, -0.25) is 19.0 Å². The van der Waals surface area contributed by atoms with Crippen molar-refractivity contribution in [3.63, 3.8) is 0 Å². The summed E-state index contributed by atoms with van der Waals surface area (Å²) in [4.78, 5) is 46.0. The molecule has 2 heterocycles. The number of ether oxygens (including phenoxy) is 2. The van der Waals surface area contributed by atoms with Crippen molar-refractivity contribution in [3.8, 4) is 5.75 Å². The SMILES string of the molecule is COc1ccccc1NC(=O)Cc1nc(COC(=O)CCc2nc3ccccc3c(=O)n2C)cs1. The van der Waals surface area contributed by atoms with Crippen molar-refractivity contribution in [2.24, 2.45) is 7.05 Å². The number of esters is 1. The van der Waals surface area contributed by atoms with E-state index in [0.717, 1.165) is 0 Å². The van der Waals surface area contributed by atoms with E-state index in [1.807, 2.05) is 18.2 Å². The van der Waals surface area contributed by atoms with Crippen LogP contribution in [0.1, 0.15) is 22.9 Å². The summed E-state index contributed by atoms with van der Waals surface area (Å²) in [5.74, 6) is 0.450. The number of methoxy groups -OCH3 is 1. The molecule has 35 heavy (non-hydrogen) atoms. The van der Waals surface area contributed by atoms with Gasteiger partial charge in [0, 0.05) is 18.8 Å². The molecule has 0 atom stereocenters. The molecule has 0 bridgehead atoms. The molecule has 0 saturated carbocycles. The zero-order valence-electron chi connectivity index (χ0n) is 19.3. The fourth-order valence-corrected chi connectivity index (χ4v) is 4.28. The van der Waals surface area contributed by atoms with E-state index in [2.05, 4.69) is 15.3 Å². The van der Waals surface area contributed by atoms with E-state index >= 15 is 0 Å². The molecule has 0 saturated heterocycles. The van der Waals surface area contributed by atoms with Gasteiger partial charge in [0.05, 0.1) is 42.2 Å². The summed E-state index contributed by atoms with van der Waals surface area (Å²) in [5, 5.41) is 5.72. The van der Waals surface area contributed by atoms with Crippen LogP contribution in [0.3, 0.4) is 0 Å². The molecule has 2 aromatic carbocycles. The quantitative estimate of drug-likeness (QED) is 0.357. The van der Waals surface area contributed by atoms with Crippen molar-refractivity contribution in [2.75, 3.05) is 12.4 Å². The lowest BCUT2D eigenvalue weighted by Gasteiger charge is -2.09. The van der Waals surface area contributed by atoms with E-state index in [0.29, 0.717) is 38.9 Å². The Balaban J connectivity index is 1.28. The Bertz CT molecular complexity index is 1430. The second-order valence-corrected chi connectivity index (χ2v) is 8.67. The van der Waals surface area contributed by atoms with Crippen LogP contribution >= 0.6 is 11.3 Å². The van der Waals surface area contributed by atoms with Gasteiger partial charge in [-0.05, 0) is 24.3 Å². The number of nitrogens with one attached hydrogen (secondary N) is 1. The number of aryl methyl sites for hydroxylation is 1. The van der Waals surface area contributed by atoms with Crippen LogP contribution < -0.4 is 15.6 Å². The first-order valence-corrected chi connectivity index (χ1v) is 11.8. The van der Waals surface area contributed by atoms with Crippen molar-refractivity contribution in [3.05, 3.63) is 80.8 Å². The second kappa shape index (κ2) is 10.9. The molecular formula is C25H24N4O5S. The highest BCUT2D eigenvalue weighted by atomic mass is 32.1. The zero-order valence-corrected chi connectivity index (χ0v) is 20.1. The summed E-state index contributed by atoms with van der Waals surface area (Å²) >= 11 is 1.32. The first-order valence-electron chi connectivity index (χ1n) is 10.9. The number of nitrogens with zero attached hydrogens (tertiary/aromatic N) is 3. The molecular weight excluding hydrogens is 468 g/mol. The number of aromatic nitrogens is 3. The molecule has 9 nitrogen and oxygen atoms in total. The van der Waals surface area contributed by atoms with E-state index in [1.165, 1.54) is 15.9 Å². The summed E-state index contributed by atoms with van der Waals surface area (Å²) in [6, 6.07) is 14.3. The van der Waals surface area contributed by atoms with E-state index in [9.17, 15) is 14.4 Å². The monoisotopic (exact) mass is 492 g/mol. The van der Waals surface area contributed by atoms with Crippen molar-refractivity contribution < 1.29 is 19.1 Å². The van der Waals surface area contributed by atoms with Gasteiger partial charge in [0.25, 0.3) is 5.56 Å². The van der Waals surface area contributed by atoms with Gasteiger partial charge in [-0.15, -0.1) is 11.3 Å². The summed E-state index contributed by atoms with van der Waals surface area (Å²) in [5.41, 5.74) is 1.61. The van der Waals surface area contributed by atoms with Gasteiger partial charge >= 0.3 is 5.97 Å². The lowest BCUT2D eigenvalue weighted by molar-refractivity contribution is -0.145. The molecule has 2 aromatic heterocycles. The number of amides is 1. The molecule has 180 valence electrons. The molecule has 0 radical (unpaired) electrons. The number of para-hydroxylation sites is 3. The minimum Gasteiger partial charge on any atom is -0.495 e. The lowest BCUT2D eigenvalue weighted by Crippen LogP contribution is -2.23. The van der Waals surface area contributed by atoms with Crippen molar-refractivity contribution >= 4 is 39.8 Å². The molecule has 4 rings (SSSR count). The molecule has 0 aliphatic carbocycles. The fourth-order valence-electron chi connectivity index (χ4n) is 3.50. The summed E-state index contributed by atoms with van der Waals surface area (Å²) in [6.45, 7) is 0.00748. The van der Waals surface area contributed by atoms with Gasteiger partial charge in [0.15, 0.2) is 0 Å². The Morgan fingerprint density at radius 2 is 1.86 bits per heavy atom. The number of fused-ring (bicyclic) bond motifs is 1. The van der Waals surface area contributed by atoms with Gasteiger partial charge in [-0.1, -0.05) is 24.3 Å². The maximum Gasteiger partial charge on any atom is 0.306 e. The van der Waals surface area contributed by atoms with Gasteiger partial charge in [0.2, 0.25) is 5.91 Å². The van der Waals surface area contributed by atoms with Gasteiger partial charge in [-0.25, -0.2) is 9.97 Å². The van der Waals surface area contributed by atoms with Crippen LogP contribution in [-0.4, -0.2) is 33.5 Å². The van der Waals surface area contributed by atoms with Crippen molar-refractivity contribution in [1.29, 1.82) is 0 Å². The standard InChI is InChI=1S/C25H24N4O5S/c1-29-21(27-18-8-4-3-7-17(18)25(29)32)11-12-24(31)34-14-16-15-35-23(26-16)13-22(30)28-19-9-5-6-10-20(19)33-2/h3-10,15H,11-14H2,1-2H3,(H,28,30). The Morgan fingerprint density at radius 1 is 1.09 bits per heavy atom. The molecule has 0 unspecified atom stereocenters. The van der Waals surface area contributed by atoms with Crippen molar-refractivity contribution in [2.45, 2.75) is 25.9 Å². The van der Waals surface area contributed by atoms with E-state index < -0.39 is 5.97 Å². The summed E-state index contributed by atoms with van der Waals surface area (Å²) in [6.07, 6.45) is 0.454. The molecule has 1 N–H and O–H groups in total. The normalized spacial score (nSPS) is 10.8. The molecule has 4 aromatic rings. The number of thiazole rings is 1. The van der Waals surface area contributed by atoms with E-state index in [4.69, 9.17) is 9.47 Å². The number of rotatable bonds is 9. The minimum atomic E-state index is -0.420. The van der Waals surface area contributed by atoms with Crippen LogP contribution in [0.25, 0.3) is 10.9 Å². The van der Waals surface area contributed by atoms with Crippen molar-refractivity contribution in [1.82, 2.24) is 14.5 Å². The Kier molecular flexibility index (Phi) is 7.51. The maximum absolute atomic E-state index is 12.5. The highest BCUT2D eigenvalue weighted by Gasteiger charge is 2.13. The van der Waals surface area contributed by atoms with Gasteiger partial charge in [0.1, 0.15) is 23.2 Å². The molecule has 0 aliphatic heterocycles. The van der Waals surface area contributed by atoms with Gasteiger partial charge < -0.3 is 14.8 Å². The largest absolute Gasteiger partial charge is 0.495 e. The molecule has 0 aliphatic rings. The number of hydrogen-bond donors (Lipinski definition) is 1. The molecule has 0 fully saturated rings. The van der Waals surface area contributed by atoms with Crippen LogP contribution in [0.15, 0.2) is 58.7 Å². The Morgan fingerprint density at radius 3 is 2.69 bits per heavy atom. The number of benzene rings is 2. The second-order valence-electron chi connectivity index (χ2n) is 7.73. The van der Waals surface area contributed by atoms with E-state index in [1.54, 1.807) is 49.9 Å². The third kappa shape index (κ3) is 5.90. The third-order valence-corrected chi connectivity index (χ3v) is 6.20. The Hall–Kier alpha value is -4.05. The van der Waals surface area contributed by atoms with Gasteiger partial charge in [-0.2, -0.15) is 0 Å². The molecule has 1 amide bonds. The lowest BCUT2D eigenvalue weighted by atomic mass is 10.2. The third-order valence-electron chi connectivity index (χ3n) is 5.30. The van der Waals surface area contributed by atoms with Crippen LogP contribution in [0.2, 0.25) is 0 Å². The number of carbonyl (C=O) groups is 2. The molecule has 10 heteroatoms. The fraction of sp³-hybridized carbons (Fsp3) is 0.240. The van der Waals surface area contributed by atoms with Crippen LogP contribution in [-0.2, 0) is 40.8 Å². The number of anilines is 1. The predicted molar refractivity (Wildman–Crippen MR) is 133 cm³/mol. The summed E-state index contributed by atoms with van der Waals surface area (Å²) < 4.78 is 12.0. The maximum atomic E-state index is 12.5. The Labute approximate surface area is 205 Å². The first kappa shape index (κ1) is 24.1. The first-order chi connectivity index (χ1) is 16.9. The zero-order chi connectivity index (χ0) is 24.8. The highest BCUT2D eigenvalue weighted by Crippen LogP contribution is 2.23. The minimum absolute atomic E-state index is 0.00748. The van der Waals surface area contributed by atoms with Crippen LogP contribution in [0.5, 0.6) is 5.75 Å². The number of carbonyl (C=O) groups excluding carboxylic acids is 2. The highest BCUT2D eigenvalue weighted by molar-refractivity contribution is 7.09. The van der Waals surface area contributed by atoms with Crippen LogP contribution in [0, 0.1) is 0 Å².